The summed E-state index contributed by atoms with van der Waals surface area (Å²) in [6.45, 7) is 3.04. The van der Waals surface area contributed by atoms with Crippen LogP contribution in [-0.4, -0.2) is 57.9 Å². The van der Waals surface area contributed by atoms with Crippen molar-refractivity contribution in [2.75, 3.05) is 52.0 Å². The number of hydrogen-bond donors (Lipinski definition) is 2. The average molecular weight is 297 g/mol. The van der Waals surface area contributed by atoms with Crippen LogP contribution in [0.1, 0.15) is 6.42 Å². The van der Waals surface area contributed by atoms with Crippen molar-refractivity contribution >= 4 is 5.69 Å². The van der Waals surface area contributed by atoms with Gasteiger partial charge < -0.3 is 29.4 Å². The summed E-state index contributed by atoms with van der Waals surface area (Å²) in [7, 11) is 1.62. The first-order valence-corrected chi connectivity index (χ1v) is 7.18. The van der Waals surface area contributed by atoms with Gasteiger partial charge in [0, 0.05) is 31.8 Å². The fourth-order valence-electron chi connectivity index (χ4n) is 1.93. The molecule has 0 amide bonds. The Kier molecular flexibility index (Phi) is 6.59. The lowest BCUT2D eigenvalue weighted by Crippen LogP contribution is -2.25. The fourth-order valence-corrected chi connectivity index (χ4v) is 1.93. The molecular weight excluding hydrogens is 274 g/mol. The van der Waals surface area contributed by atoms with E-state index in [1.807, 2.05) is 18.2 Å². The van der Waals surface area contributed by atoms with Crippen LogP contribution in [0.4, 0.5) is 5.69 Å². The summed E-state index contributed by atoms with van der Waals surface area (Å²) in [5.74, 6) is 1.50. The highest BCUT2D eigenvalue weighted by Gasteiger charge is 2.11. The van der Waals surface area contributed by atoms with Crippen LogP contribution in [0.15, 0.2) is 18.2 Å². The SMILES string of the molecule is COCCOCC(O)CNc1ccc2c(c1)OCCCO2. The van der Waals surface area contributed by atoms with Crippen molar-refractivity contribution in [3.8, 4) is 11.5 Å². The van der Waals surface area contributed by atoms with Crippen molar-refractivity contribution < 1.29 is 24.1 Å². The van der Waals surface area contributed by atoms with Gasteiger partial charge in [-0.25, -0.2) is 0 Å². The van der Waals surface area contributed by atoms with Crippen LogP contribution in [-0.2, 0) is 9.47 Å². The first-order chi connectivity index (χ1) is 10.3. The fraction of sp³-hybridized carbons (Fsp3) is 0.600. The summed E-state index contributed by atoms with van der Waals surface area (Å²) in [5, 5.41) is 13.0. The Hall–Kier alpha value is -1.50. The van der Waals surface area contributed by atoms with Gasteiger partial charge in [-0.15, -0.1) is 0 Å². The van der Waals surface area contributed by atoms with Crippen molar-refractivity contribution in [3.05, 3.63) is 18.2 Å². The smallest absolute Gasteiger partial charge is 0.163 e. The second-order valence-corrected chi connectivity index (χ2v) is 4.81. The van der Waals surface area contributed by atoms with Crippen LogP contribution in [0.5, 0.6) is 11.5 Å². The molecule has 1 aromatic carbocycles. The molecule has 1 heterocycles. The molecule has 118 valence electrons. The summed E-state index contributed by atoms with van der Waals surface area (Å²) >= 11 is 0. The number of aliphatic hydroxyl groups is 1. The van der Waals surface area contributed by atoms with Gasteiger partial charge in [-0.2, -0.15) is 0 Å². The van der Waals surface area contributed by atoms with Crippen molar-refractivity contribution in [1.29, 1.82) is 0 Å². The molecule has 0 saturated carbocycles. The van der Waals surface area contributed by atoms with E-state index in [9.17, 15) is 5.11 Å². The lowest BCUT2D eigenvalue weighted by atomic mass is 10.2. The molecule has 0 bridgehead atoms. The molecule has 1 aromatic rings. The van der Waals surface area contributed by atoms with Gasteiger partial charge in [0.2, 0.25) is 0 Å². The predicted molar refractivity (Wildman–Crippen MR) is 79.2 cm³/mol. The Morgan fingerprint density at radius 2 is 2.05 bits per heavy atom. The number of fused-ring (bicyclic) bond motifs is 1. The number of aliphatic hydroxyl groups excluding tert-OH is 1. The number of hydrogen-bond acceptors (Lipinski definition) is 6. The standard InChI is InChI=1S/C15H23NO5/c1-18-7-8-19-11-13(17)10-16-12-3-4-14-15(9-12)21-6-2-5-20-14/h3-4,9,13,16-17H,2,5-8,10-11H2,1H3. The van der Waals surface area contributed by atoms with Gasteiger partial charge in [0.1, 0.15) is 0 Å². The molecule has 1 aliphatic rings. The number of ether oxygens (including phenoxy) is 4. The second-order valence-electron chi connectivity index (χ2n) is 4.81. The Labute approximate surface area is 125 Å². The molecule has 2 rings (SSSR count). The zero-order chi connectivity index (χ0) is 14.9. The van der Waals surface area contributed by atoms with Gasteiger partial charge in [-0.1, -0.05) is 0 Å². The number of rotatable bonds is 8. The van der Waals surface area contributed by atoms with Crippen LogP contribution in [0.2, 0.25) is 0 Å². The molecule has 0 aliphatic carbocycles. The summed E-state index contributed by atoms with van der Waals surface area (Å²) in [6.07, 6.45) is 0.312. The van der Waals surface area contributed by atoms with Crippen LogP contribution in [0.3, 0.4) is 0 Å². The van der Waals surface area contributed by atoms with Crippen LogP contribution < -0.4 is 14.8 Å². The van der Waals surface area contributed by atoms with E-state index in [0.29, 0.717) is 33.0 Å². The van der Waals surface area contributed by atoms with Gasteiger partial charge in [0.15, 0.2) is 11.5 Å². The van der Waals surface area contributed by atoms with E-state index in [4.69, 9.17) is 18.9 Å². The molecule has 6 nitrogen and oxygen atoms in total. The first kappa shape index (κ1) is 15.9. The molecule has 1 atom stereocenters. The summed E-state index contributed by atoms with van der Waals surface area (Å²) < 4.78 is 21.3. The quantitative estimate of drug-likeness (QED) is 0.705. The maximum absolute atomic E-state index is 9.81. The van der Waals surface area contributed by atoms with Crippen LogP contribution in [0, 0.1) is 0 Å². The largest absolute Gasteiger partial charge is 0.490 e. The van der Waals surface area contributed by atoms with Crippen molar-refractivity contribution in [2.45, 2.75) is 12.5 Å². The monoisotopic (exact) mass is 297 g/mol. The molecular formula is C15H23NO5. The van der Waals surface area contributed by atoms with E-state index >= 15 is 0 Å². The minimum absolute atomic E-state index is 0.279. The first-order valence-electron chi connectivity index (χ1n) is 7.18. The minimum Gasteiger partial charge on any atom is -0.490 e. The zero-order valence-corrected chi connectivity index (χ0v) is 12.3. The van der Waals surface area contributed by atoms with Gasteiger partial charge in [-0.05, 0) is 12.1 Å². The average Bonchev–Trinajstić information content (AvgIpc) is 2.74. The van der Waals surface area contributed by atoms with Crippen molar-refractivity contribution in [3.63, 3.8) is 0 Å². The van der Waals surface area contributed by atoms with E-state index in [1.165, 1.54) is 0 Å². The number of nitrogens with one attached hydrogen (secondary N) is 1. The number of benzene rings is 1. The molecule has 1 unspecified atom stereocenters. The Morgan fingerprint density at radius 3 is 2.86 bits per heavy atom. The normalized spacial score (nSPS) is 15.3. The van der Waals surface area contributed by atoms with Crippen molar-refractivity contribution in [2.24, 2.45) is 0 Å². The van der Waals surface area contributed by atoms with E-state index in [0.717, 1.165) is 23.6 Å². The van der Waals surface area contributed by atoms with Gasteiger partial charge in [0.05, 0.1) is 39.1 Å². The van der Waals surface area contributed by atoms with Gasteiger partial charge >= 0.3 is 0 Å². The molecule has 1 aliphatic heterocycles. The molecule has 0 radical (unpaired) electrons. The summed E-state index contributed by atoms with van der Waals surface area (Å²) in [4.78, 5) is 0. The second kappa shape index (κ2) is 8.71. The Morgan fingerprint density at radius 1 is 1.24 bits per heavy atom. The molecule has 0 aromatic heterocycles. The van der Waals surface area contributed by atoms with E-state index in [1.54, 1.807) is 7.11 Å². The molecule has 0 fully saturated rings. The van der Waals surface area contributed by atoms with Gasteiger partial charge in [-0.3, -0.25) is 0 Å². The van der Waals surface area contributed by atoms with Crippen LogP contribution in [0.25, 0.3) is 0 Å². The van der Waals surface area contributed by atoms with E-state index < -0.39 is 6.10 Å². The van der Waals surface area contributed by atoms with Crippen molar-refractivity contribution in [1.82, 2.24) is 0 Å². The molecule has 21 heavy (non-hydrogen) atoms. The maximum atomic E-state index is 9.81. The zero-order valence-electron chi connectivity index (χ0n) is 12.3. The third-order valence-electron chi connectivity index (χ3n) is 3.03. The van der Waals surface area contributed by atoms with E-state index in [-0.39, 0.29) is 6.61 Å². The summed E-state index contributed by atoms with van der Waals surface area (Å²) in [6, 6.07) is 5.68. The van der Waals surface area contributed by atoms with E-state index in [2.05, 4.69) is 5.32 Å². The number of anilines is 1. The van der Waals surface area contributed by atoms with Crippen LogP contribution >= 0.6 is 0 Å². The molecule has 0 spiro atoms. The molecule has 2 N–H and O–H groups in total. The molecule has 6 heteroatoms. The predicted octanol–water partition coefficient (Wildman–Crippen LogP) is 1.28. The highest BCUT2D eigenvalue weighted by molar-refractivity contribution is 5.55. The maximum Gasteiger partial charge on any atom is 0.163 e. The third kappa shape index (κ3) is 5.41. The van der Waals surface area contributed by atoms with Gasteiger partial charge in [0.25, 0.3) is 0 Å². The Balaban J connectivity index is 1.76. The lowest BCUT2D eigenvalue weighted by molar-refractivity contribution is 0.0182. The molecule has 0 saturated heterocycles. The summed E-state index contributed by atoms with van der Waals surface area (Å²) in [5.41, 5.74) is 0.884. The highest BCUT2D eigenvalue weighted by atomic mass is 16.5. The number of methoxy groups -OCH3 is 1. The Bertz CT molecular complexity index is 427. The topological polar surface area (TPSA) is 69.2 Å². The lowest BCUT2D eigenvalue weighted by Gasteiger charge is -2.14. The third-order valence-corrected chi connectivity index (χ3v) is 3.03. The minimum atomic E-state index is -0.571. The highest BCUT2D eigenvalue weighted by Crippen LogP contribution is 2.32.